The lowest BCUT2D eigenvalue weighted by molar-refractivity contribution is 0.634. The molecule has 7 heterocycles. The predicted octanol–water partition coefficient (Wildman–Crippen LogP) is 20.9. The van der Waals surface area contributed by atoms with Gasteiger partial charge >= 0.3 is 0 Å². The summed E-state index contributed by atoms with van der Waals surface area (Å²) in [6.07, 6.45) is 0. The van der Waals surface area contributed by atoms with Crippen molar-refractivity contribution < 1.29 is 23.0 Å². The zero-order valence-electron chi connectivity index (χ0n) is 73.9. The highest BCUT2D eigenvalue weighted by atomic mass is 33.5. The number of nitrogens with one attached hydrogen (secondary N) is 1. The average Bonchev–Trinajstić information content (AvgIpc) is 1.55. The van der Waals surface area contributed by atoms with Gasteiger partial charge in [-0.3, -0.25) is 0 Å². The van der Waals surface area contributed by atoms with E-state index >= 15 is 8.78 Å². The second-order valence-corrected chi connectivity index (χ2v) is 69.8. The molecule has 1 N–H and O–H groups in total. The Morgan fingerprint density at radius 2 is 0.366 bits per heavy atom. The highest BCUT2D eigenvalue weighted by Gasteiger charge is 2.43. The van der Waals surface area contributed by atoms with Crippen molar-refractivity contribution in [3.05, 3.63) is 424 Å². The summed E-state index contributed by atoms with van der Waals surface area (Å²) in [5, 5.41) is 7.64. The fourth-order valence-corrected chi connectivity index (χ4v) is 67.6. The molecule has 0 atom stereocenters. The molecule has 21 aromatic rings. The highest BCUT2D eigenvalue weighted by molar-refractivity contribution is 8.76. The number of halogens is 2. The predicted molar refractivity (Wildman–Crippen MR) is 700 cm³/mol. The molecule has 712 valence electrons. The Kier molecular flexibility index (Phi) is 32.9. The van der Waals surface area contributed by atoms with Gasteiger partial charge in [-0.2, -0.15) is 0 Å². The van der Waals surface area contributed by atoms with Crippen LogP contribution >= 0.6 is 0 Å². The number of hydrogen-bond donors (Lipinski definition) is 1. The van der Waals surface area contributed by atoms with Gasteiger partial charge in [0.2, 0.25) is 26.9 Å². The third kappa shape index (κ3) is 20.1. The fraction of sp³-hybridized carbons (Fsp3) is 0. The van der Waals surface area contributed by atoms with E-state index in [4.69, 9.17) is 22.4 Å². The Hall–Kier alpha value is -9.02. The van der Waals surface area contributed by atoms with Crippen LogP contribution in [0.5, 0.6) is 0 Å². The monoisotopic (exact) mass is 2310 g/mol. The smallest absolute Gasteiger partial charge is 0.247 e. The zero-order valence-corrected chi connectivity index (χ0v) is 94.3. The Labute approximate surface area is 916 Å². The minimum absolute atomic E-state index is 0. The van der Waals surface area contributed by atoms with E-state index in [0.717, 1.165) is 55.2 Å². The van der Waals surface area contributed by atoms with E-state index in [0.29, 0.717) is 10.9 Å². The highest BCUT2D eigenvalue weighted by Crippen LogP contribution is 2.40. The molecular weight excluding hydrogens is 2220 g/mol. The van der Waals surface area contributed by atoms with Gasteiger partial charge in [-0.25, -0.2) is 8.78 Å². The number of hydrogen-bond acceptors (Lipinski definition) is 4. The van der Waals surface area contributed by atoms with Gasteiger partial charge in [0.25, 0.3) is 0 Å². The van der Waals surface area contributed by atoms with Gasteiger partial charge in [0.1, 0.15) is 11.6 Å². The van der Waals surface area contributed by atoms with Crippen LogP contribution < -0.4 is 65.6 Å². The molecule has 0 unspecified atom stereocenters. The van der Waals surface area contributed by atoms with Crippen LogP contribution in [0.25, 0.3) is 144 Å². The minimum Gasteiger partial charge on any atom is -0.355 e. The molecule has 0 spiro atoms. The molecule has 3 nitrogen and oxygen atoms in total. The third-order valence-corrected chi connectivity index (χ3v) is 68.1. The van der Waals surface area contributed by atoms with Crippen LogP contribution in [0.4, 0.5) is 8.78 Å². The number of aromatic amines is 1. The molecule has 18 aromatic carbocycles. The molecule has 142 heavy (non-hydrogen) atoms. The largest absolute Gasteiger partial charge is 0.355 e. The number of aromatic nitrogens is 3. The number of nitrogens with zero attached hydrogens (tertiary/aromatic N) is 2. The van der Waals surface area contributed by atoms with Gasteiger partial charge in [0.05, 0.1) is 22.1 Å². The standard InChI is InChI=1S/C60H38B2N2.C36H22B2F2.C12H9N.S13.S12.10H2/c1-9-29-49-39(19-1)40-20-2-10-30-50(40)61(49)59-47(27-17-37-57(59)63-53-33-13-5-23-43(53)44-24-6-14-34-54(44)63)48-28-18-38-58(64-55-35-15-7-25-45(55)46-26-8-16-36-56(46)64)60(48)62-51-31-11-3-21-41(51)42-22-4-12-32-52(42)62;39-33-21-9-15-27(35(33)37-29-17-5-1-11-23(29)24-12-2-6-18-30(24)37)28-16-10-22-34(40)36(28)38-31-19-7-3-13-25(31)26-14-4-8-20-32(26)38;1-3-7-11-9(5-1)10-6-2-4-8-12(10)13-11;1-3-5-7-9-11-13-12-10-8-6-4-2;1-3-5-7-9-11-12-10-8-6-4-2;;;;;;;;;;/h1-38H;1-22H;1-8,13H;;;10*1H. The van der Waals surface area contributed by atoms with Crippen LogP contribution in [0.15, 0.2) is 413 Å². The van der Waals surface area contributed by atoms with E-state index < -0.39 is 0 Å². The van der Waals surface area contributed by atoms with Gasteiger partial charge in [-0.05, 0) is 149 Å². The first-order chi connectivity index (χ1) is 70.3. The van der Waals surface area contributed by atoms with Crippen molar-refractivity contribution in [3.63, 3.8) is 0 Å². The maximum atomic E-state index is 16.2. The zero-order chi connectivity index (χ0) is 96.2. The molecule has 4 aliphatic rings. The molecule has 0 saturated heterocycles. The first kappa shape index (κ1) is 99.0. The first-order valence-corrected chi connectivity index (χ1v) is 75.0. The third-order valence-electron chi connectivity index (χ3n) is 25.9. The van der Waals surface area contributed by atoms with E-state index in [9.17, 15) is 0 Å². The molecule has 34 heteroatoms. The van der Waals surface area contributed by atoms with Gasteiger partial charge in [-0.15, -0.1) is 0 Å². The van der Waals surface area contributed by atoms with Crippen LogP contribution in [0, 0.1) is 11.6 Å². The summed E-state index contributed by atoms with van der Waals surface area (Å²) in [5.41, 5.74) is 36.8. The summed E-state index contributed by atoms with van der Waals surface area (Å²) in [6.45, 7) is -0.622. The Morgan fingerprint density at radius 1 is 0.183 bits per heavy atom. The molecule has 0 radical (unpaired) electrons. The lowest BCUT2D eigenvalue weighted by atomic mass is 9.35. The summed E-state index contributed by atoms with van der Waals surface area (Å²) in [5.74, 6) is -0.562. The molecule has 0 amide bonds. The Balaban J connectivity index is 0.000000212. The van der Waals surface area contributed by atoms with Crippen molar-refractivity contribution >= 4 is 389 Å². The molecule has 0 saturated carbocycles. The van der Waals surface area contributed by atoms with Crippen molar-refractivity contribution in [1.82, 2.24) is 14.1 Å². The second-order valence-electron chi connectivity index (χ2n) is 32.7. The van der Waals surface area contributed by atoms with Crippen molar-refractivity contribution in [3.8, 4) is 78.1 Å². The molecule has 4 aliphatic heterocycles. The summed E-state index contributed by atoms with van der Waals surface area (Å²) in [4.78, 5) is 3.38. The van der Waals surface area contributed by atoms with Gasteiger partial charge in [-0.1, -0.05) is 396 Å². The fourth-order valence-electron chi connectivity index (χ4n) is 20.9. The quantitative estimate of drug-likeness (QED) is 0.153. The minimum atomic E-state index is -0.289. The van der Waals surface area contributed by atoms with Gasteiger partial charge in [0.15, 0.2) is 0 Å². The van der Waals surface area contributed by atoms with Crippen molar-refractivity contribution in [2.24, 2.45) is 0 Å². The Bertz CT molecular complexity index is 9010. The van der Waals surface area contributed by atoms with Crippen LogP contribution in [0.3, 0.4) is 0 Å². The normalized spacial score (nSPS) is 11.5. The van der Waals surface area contributed by atoms with Gasteiger partial charge < -0.3 is 14.1 Å². The average molecular weight is 2310 g/mol. The van der Waals surface area contributed by atoms with Crippen molar-refractivity contribution in [2.75, 3.05) is 0 Å². The molecule has 25 rings (SSSR count). The van der Waals surface area contributed by atoms with Crippen molar-refractivity contribution in [1.29, 1.82) is 0 Å². The van der Waals surface area contributed by atoms with Gasteiger partial charge in [0, 0.05) is 300 Å². The van der Waals surface area contributed by atoms with Crippen molar-refractivity contribution in [2.45, 2.75) is 0 Å². The second kappa shape index (κ2) is 47.2. The lowest BCUT2D eigenvalue weighted by Crippen LogP contribution is -2.53. The van der Waals surface area contributed by atoms with E-state index in [1.807, 2.05) is 60.7 Å². The number of H-pyrrole nitrogens is 1. The van der Waals surface area contributed by atoms with E-state index in [2.05, 4.69) is 364 Å². The molecule has 0 aliphatic carbocycles. The maximum absolute atomic E-state index is 16.2. The summed E-state index contributed by atoms with van der Waals surface area (Å²) < 4.78 is 37.4. The van der Waals surface area contributed by atoms with Crippen LogP contribution in [0.1, 0.15) is 14.3 Å². The number of fused-ring (bicyclic) bond motifs is 21. The number of benzene rings is 18. The molecule has 0 bridgehead atoms. The molecular formula is C108H89B4F2N3S25. The number of rotatable bonds is 8. The first-order valence-electron chi connectivity index (χ1n) is 44.3. The SMILES string of the molecule is Fc1cccc(-c2cccc(F)c2B2c3ccccc3-c3ccccc32)c1B1c2ccccc2-c2ccccc21.S=S=S=S=S=S=S=S=S=S=S=S.S=S=S=S=S=S=S=S=S=S=S=S=S.[HH].[HH].[HH].[HH].[HH].[HH].[HH].[HH].[HH].[HH].c1ccc2c(c1)B(c1c(-c3cccc(-n4c5ccccc5c5ccccc54)c3B3c4ccccc4-c4ccccc43)cccc1-n1c3ccccc3c3ccccc31)c1ccccc1-2.c1ccc2c(c1)[nH]c1ccccc12. The molecule has 3 aromatic heterocycles. The summed E-state index contributed by atoms with van der Waals surface area (Å²) in [7, 11) is 34.4. The topological polar surface area (TPSA) is 25.6 Å². The Morgan fingerprint density at radius 3 is 0.613 bits per heavy atom. The summed E-state index contributed by atoms with van der Waals surface area (Å²) >= 11 is 18.8. The van der Waals surface area contributed by atoms with E-state index in [-0.39, 0.29) is 52.8 Å². The maximum Gasteiger partial charge on any atom is 0.247 e. The molecule has 0 fully saturated rings. The van der Waals surface area contributed by atoms with Crippen LogP contribution in [0.2, 0.25) is 0 Å². The lowest BCUT2D eigenvalue weighted by Gasteiger charge is -2.27. The van der Waals surface area contributed by atoms with E-state index in [1.54, 1.807) is 163 Å². The van der Waals surface area contributed by atoms with E-state index in [1.165, 1.54) is 191 Å². The van der Waals surface area contributed by atoms with Crippen LogP contribution in [-0.2, 0) is 231 Å². The number of para-hydroxylation sites is 6. The van der Waals surface area contributed by atoms with Crippen LogP contribution in [-0.4, -0.2) is 41.0 Å². The summed E-state index contributed by atoms with van der Waals surface area (Å²) in [6, 6.07) is 146.